The van der Waals surface area contributed by atoms with Crippen LogP contribution < -0.4 is 4.72 Å². The van der Waals surface area contributed by atoms with E-state index in [9.17, 15) is 18.5 Å². The van der Waals surface area contributed by atoms with Gasteiger partial charge >= 0.3 is 5.97 Å². The van der Waals surface area contributed by atoms with E-state index in [1.807, 2.05) is 0 Å². The number of carboxylic acids is 1. The third-order valence-corrected chi connectivity index (χ3v) is 7.10. The molecule has 0 atom stereocenters. The maximum Gasteiger partial charge on any atom is 0.307 e. The molecule has 3 aromatic carbocycles. The van der Waals surface area contributed by atoms with Gasteiger partial charge in [0.05, 0.1) is 33.0 Å². The maximum atomic E-state index is 12.8. The minimum Gasteiger partial charge on any atom is -0.481 e. The number of aromatic nitrogens is 1. The number of nitrogens with zero attached hydrogens (tertiary/aromatic N) is 1. The van der Waals surface area contributed by atoms with Crippen molar-refractivity contribution in [3.05, 3.63) is 82.0 Å². The zero-order valence-electron chi connectivity index (χ0n) is 16.8. The first-order chi connectivity index (χ1) is 15.7. The van der Waals surface area contributed by atoms with Gasteiger partial charge in [-0.15, -0.1) is 0 Å². The number of anilines is 1. The van der Waals surface area contributed by atoms with Crippen LogP contribution in [0, 0.1) is 11.3 Å². The molecule has 0 aliphatic carbocycles. The number of nitriles is 1. The minimum absolute atomic E-state index is 0.0351. The zero-order valence-corrected chi connectivity index (χ0v) is 19.1. The summed E-state index contributed by atoms with van der Waals surface area (Å²) in [5.74, 6) is -0.988. The molecule has 0 aliphatic rings. The first-order valence-electron chi connectivity index (χ1n) is 9.52. The topological polar surface area (TPSA) is 123 Å². The molecular formula is C23H15Cl2N3O4S. The number of benzene rings is 3. The fourth-order valence-corrected chi connectivity index (χ4v) is 4.91. The number of carboxylic acid groups (broad SMARTS) is 1. The molecule has 0 saturated heterocycles. The Morgan fingerprint density at radius 3 is 2.52 bits per heavy atom. The largest absolute Gasteiger partial charge is 0.481 e. The van der Waals surface area contributed by atoms with Gasteiger partial charge in [0.15, 0.2) is 0 Å². The number of fused-ring (bicyclic) bond motifs is 1. The molecule has 0 radical (unpaired) electrons. The third-order valence-electron chi connectivity index (χ3n) is 4.99. The Bertz CT molecular complexity index is 1560. The van der Waals surface area contributed by atoms with Crippen molar-refractivity contribution >= 4 is 55.8 Å². The van der Waals surface area contributed by atoms with Crippen LogP contribution in [0.1, 0.15) is 11.1 Å². The van der Waals surface area contributed by atoms with Gasteiger partial charge in [0, 0.05) is 33.9 Å². The van der Waals surface area contributed by atoms with Crippen molar-refractivity contribution in [2.45, 2.75) is 11.3 Å². The molecule has 4 aromatic rings. The van der Waals surface area contributed by atoms with Gasteiger partial charge in [-0.3, -0.25) is 9.52 Å². The molecule has 3 N–H and O–H groups in total. The van der Waals surface area contributed by atoms with E-state index in [1.54, 1.807) is 42.6 Å². The molecule has 1 heterocycles. The molecule has 0 saturated carbocycles. The number of halogens is 2. The summed E-state index contributed by atoms with van der Waals surface area (Å²) in [6, 6.07) is 16.0. The number of H-pyrrole nitrogens is 1. The van der Waals surface area contributed by atoms with Crippen LogP contribution in [0.15, 0.2) is 65.7 Å². The molecule has 33 heavy (non-hydrogen) atoms. The van der Waals surface area contributed by atoms with Crippen LogP contribution in [0.5, 0.6) is 0 Å². The number of hydrogen-bond donors (Lipinski definition) is 3. The molecular weight excluding hydrogens is 485 g/mol. The molecule has 166 valence electrons. The van der Waals surface area contributed by atoms with E-state index in [1.165, 1.54) is 18.2 Å². The molecule has 0 fully saturated rings. The number of nitrogens with one attached hydrogen (secondary N) is 2. The van der Waals surface area contributed by atoms with Gasteiger partial charge in [0.25, 0.3) is 10.0 Å². The Labute approximate surface area is 199 Å². The fourth-order valence-electron chi connectivity index (χ4n) is 3.47. The second-order valence-electron chi connectivity index (χ2n) is 7.21. The highest BCUT2D eigenvalue weighted by Gasteiger charge is 2.18. The predicted octanol–water partition coefficient (Wildman–Crippen LogP) is 5.44. The van der Waals surface area contributed by atoms with Crippen LogP contribution in [0.25, 0.3) is 22.0 Å². The van der Waals surface area contributed by atoms with E-state index < -0.39 is 16.0 Å². The van der Waals surface area contributed by atoms with Gasteiger partial charge in [-0.1, -0.05) is 35.3 Å². The minimum atomic E-state index is -3.92. The van der Waals surface area contributed by atoms with Crippen molar-refractivity contribution in [3.63, 3.8) is 0 Å². The number of hydrogen-bond acceptors (Lipinski definition) is 4. The second-order valence-corrected chi connectivity index (χ2v) is 9.70. The SMILES string of the molecule is N#Cc1cc(CC(=O)O)ccc1-c1c[nH]c2ccc(NS(=O)(=O)c3ccc(Cl)c(Cl)c3)cc12. The summed E-state index contributed by atoms with van der Waals surface area (Å²) < 4.78 is 28.1. The highest BCUT2D eigenvalue weighted by molar-refractivity contribution is 7.92. The van der Waals surface area contributed by atoms with Crippen molar-refractivity contribution in [2.75, 3.05) is 4.72 Å². The molecule has 0 aliphatic heterocycles. The Kier molecular flexibility index (Phi) is 6.04. The fraction of sp³-hybridized carbons (Fsp3) is 0.0435. The molecule has 7 nitrogen and oxygen atoms in total. The molecule has 4 rings (SSSR count). The summed E-state index contributed by atoms with van der Waals surface area (Å²) in [7, 11) is -3.92. The van der Waals surface area contributed by atoms with Crippen molar-refractivity contribution in [1.29, 1.82) is 5.26 Å². The highest BCUT2D eigenvalue weighted by Crippen LogP contribution is 2.34. The number of carbonyl (C=O) groups is 1. The van der Waals surface area contributed by atoms with Crippen LogP contribution in [0.3, 0.4) is 0 Å². The second kappa shape index (κ2) is 8.79. The van der Waals surface area contributed by atoms with Gasteiger partial charge in [0.1, 0.15) is 0 Å². The van der Waals surface area contributed by atoms with Crippen LogP contribution in [0.2, 0.25) is 10.0 Å². The molecule has 10 heteroatoms. The Hall–Kier alpha value is -3.51. The van der Waals surface area contributed by atoms with E-state index in [-0.39, 0.29) is 21.4 Å². The predicted molar refractivity (Wildman–Crippen MR) is 127 cm³/mol. The lowest BCUT2D eigenvalue weighted by atomic mass is 9.97. The van der Waals surface area contributed by atoms with E-state index in [0.717, 1.165) is 5.52 Å². The lowest BCUT2D eigenvalue weighted by Crippen LogP contribution is -2.12. The Morgan fingerprint density at radius 1 is 1.03 bits per heavy atom. The van der Waals surface area contributed by atoms with E-state index >= 15 is 0 Å². The third kappa shape index (κ3) is 4.66. The standard InChI is InChI=1S/C23H15Cl2N3O4S/c24-20-5-3-16(10-21(20)25)33(31,32)28-15-2-6-22-18(9-15)19(12-27-22)17-4-1-13(8-23(29)30)7-14(17)11-26/h1-7,9-10,12,27-28H,8H2,(H,29,30). The normalized spacial score (nSPS) is 11.3. The summed E-state index contributed by atoms with van der Waals surface area (Å²) >= 11 is 11.8. The number of rotatable bonds is 6. The summed E-state index contributed by atoms with van der Waals surface area (Å²) in [6.45, 7) is 0. The number of aromatic amines is 1. The van der Waals surface area contributed by atoms with E-state index in [0.29, 0.717) is 33.3 Å². The molecule has 0 bridgehead atoms. The van der Waals surface area contributed by atoms with E-state index in [4.69, 9.17) is 28.3 Å². The van der Waals surface area contributed by atoms with Crippen molar-refractivity contribution < 1.29 is 18.3 Å². The van der Waals surface area contributed by atoms with Crippen molar-refractivity contribution in [2.24, 2.45) is 0 Å². The number of sulfonamides is 1. The van der Waals surface area contributed by atoms with Gasteiger partial charge in [-0.25, -0.2) is 8.42 Å². The first-order valence-corrected chi connectivity index (χ1v) is 11.8. The van der Waals surface area contributed by atoms with Gasteiger partial charge in [0.2, 0.25) is 0 Å². The van der Waals surface area contributed by atoms with Crippen molar-refractivity contribution in [3.8, 4) is 17.2 Å². The number of aliphatic carboxylic acids is 1. The van der Waals surface area contributed by atoms with E-state index in [2.05, 4.69) is 15.8 Å². The lowest BCUT2D eigenvalue weighted by Gasteiger charge is -2.10. The average Bonchev–Trinajstić information content (AvgIpc) is 3.17. The van der Waals surface area contributed by atoms with Crippen LogP contribution in [-0.4, -0.2) is 24.5 Å². The lowest BCUT2D eigenvalue weighted by molar-refractivity contribution is -0.136. The summed E-state index contributed by atoms with van der Waals surface area (Å²) in [5, 5.41) is 19.7. The first kappa shape index (κ1) is 22.7. The summed E-state index contributed by atoms with van der Waals surface area (Å²) in [6.07, 6.45) is 1.53. The molecule has 0 unspecified atom stereocenters. The Balaban J connectivity index is 1.73. The molecule has 0 amide bonds. The zero-order chi connectivity index (χ0) is 23.8. The quantitative estimate of drug-likeness (QED) is 0.325. The monoisotopic (exact) mass is 499 g/mol. The van der Waals surface area contributed by atoms with Crippen LogP contribution in [0.4, 0.5) is 5.69 Å². The van der Waals surface area contributed by atoms with Gasteiger partial charge in [-0.05, 0) is 48.0 Å². The van der Waals surface area contributed by atoms with Crippen LogP contribution in [-0.2, 0) is 21.2 Å². The maximum absolute atomic E-state index is 12.8. The average molecular weight is 500 g/mol. The summed E-state index contributed by atoms with van der Waals surface area (Å²) in [5.41, 5.74) is 3.16. The molecule has 0 spiro atoms. The Morgan fingerprint density at radius 2 is 1.82 bits per heavy atom. The molecule has 1 aromatic heterocycles. The van der Waals surface area contributed by atoms with Gasteiger partial charge < -0.3 is 10.1 Å². The highest BCUT2D eigenvalue weighted by atomic mass is 35.5. The van der Waals surface area contributed by atoms with Gasteiger partial charge in [-0.2, -0.15) is 5.26 Å². The summed E-state index contributed by atoms with van der Waals surface area (Å²) in [4.78, 5) is 14.1. The van der Waals surface area contributed by atoms with Crippen LogP contribution >= 0.6 is 23.2 Å². The smallest absolute Gasteiger partial charge is 0.307 e. The van der Waals surface area contributed by atoms with Crippen molar-refractivity contribution in [1.82, 2.24) is 4.98 Å².